The van der Waals surface area contributed by atoms with Crippen LogP contribution in [0.5, 0.6) is 5.75 Å². The van der Waals surface area contributed by atoms with Crippen molar-refractivity contribution in [3.63, 3.8) is 0 Å². The fourth-order valence-electron chi connectivity index (χ4n) is 2.62. The van der Waals surface area contributed by atoms with E-state index < -0.39 is 11.5 Å². The number of primary amides is 1. The first kappa shape index (κ1) is 16.3. The van der Waals surface area contributed by atoms with E-state index in [2.05, 4.69) is 15.2 Å². The number of H-pyrrole nitrogens is 1. The molecular weight excluding hydrogens is 334 g/mol. The average Bonchev–Trinajstić information content (AvgIpc) is 2.58. The second-order valence-electron chi connectivity index (χ2n) is 5.44. The van der Waals surface area contributed by atoms with Crippen LogP contribution in [-0.2, 0) is 0 Å². The first-order valence-corrected chi connectivity index (χ1v) is 7.83. The molecule has 3 N–H and O–H groups in total. The number of hydrogen-bond acceptors (Lipinski definition) is 6. The van der Waals surface area contributed by atoms with Crippen molar-refractivity contribution in [2.45, 2.75) is 18.9 Å². The molecule has 3 rings (SSSR count). The number of carbonyl (C=O) groups is 1. The number of amides is 1. The van der Waals surface area contributed by atoms with Gasteiger partial charge in [0.15, 0.2) is 0 Å². The van der Waals surface area contributed by atoms with Crippen LogP contribution in [0.15, 0.2) is 29.3 Å². The van der Waals surface area contributed by atoms with Crippen molar-refractivity contribution in [3.8, 4) is 5.75 Å². The highest BCUT2D eigenvalue weighted by molar-refractivity contribution is 6.32. The van der Waals surface area contributed by atoms with Crippen LogP contribution >= 0.6 is 11.6 Å². The first-order valence-electron chi connectivity index (χ1n) is 7.45. The van der Waals surface area contributed by atoms with Crippen LogP contribution in [0.25, 0.3) is 0 Å². The van der Waals surface area contributed by atoms with Crippen molar-refractivity contribution >= 4 is 23.2 Å². The van der Waals surface area contributed by atoms with Gasteiger partial charge < -0.3 is 15.4 Å². The Morgan fingerprint density at radius 1 is 1.42 bits per heavy atom. The third-order valence-electron chi connectivity index (χ3n) is 3.85. The van der Waals surface area contributed by atoms with Crippen LogP contribution in [-0.4, -0.2) is 40.3 Å². The number of aromatic amines is 1. The number of rotatable bonds is 4. The SMILES string of the molecule is NC(=O)c1cc(OC2CCN(c3cn[nH]c(=O)c3Cl)CC2)ccn1. The monoisotopic (exact) mass is 349 g/mol. The number of aromatic nitrogens is 3. The molecule has 0 atom stereocenters. The Hall–Kier alpha value is -2.61. The molecule has 3 heterocycles. The summed E-state index contributed by atoms with van der Waals surface area (Å²) in [5.41, 5.74) is 5.61. The van der Waals surface area contributed by atoms with Gasteiger partial charge in [-0.25, -0.2) is 5.10 Å². The third kappa shape index (κ3) is 3.48. The molecule has 0 bridgehead atoms. The van der Waals surface area contributed by atoms with Crippen molar-refractivity contribution in [1.29, 1.82) is 0 Å². The minimum absolute atomic E-state index is 0.00175. The van der Waals surface area contributed by atoms with E-state index in [0.29, 0.717) is 24.5 Å². The highest BCUT2D eigenvalue weighted by Gasteiger charge is 2.23. The van der Waals surface area contributed by atoms with Gasteiger partial charge >= 0.3 is 0 Å². The number of carbonyl (C=O) groups excluding carboxylic acids is 1. The fraction of sp³-hybridized carbons (Fsp3) is 0.333. The Kier molecular flexibility index (Phi) is 4.66. The minimum atomic E-state index is -0.591. The van der Waals surface area contributed by atoms with E-state index in [-0.39, 0.29) is 16.8 Å². The van der Waals surface area contributed by atoms with Gasteiger partial charge in [-0.1, -0.05) is 11.6 Å². The second-order valence-corrected chi connectivity index (χ2v) is 5.82. The molecule has 0 radical (unpaired) electrons. The smallest absolute Gasteiger partial charge is 0.285 e. The van der Waals surface area contributed by atoms with E-state index in [9.17, 15) is 9.59 Å². The minimum Gasteiger partial charge on any atom is -0.490 e. The fourth-order valence-corrected chi connectivity index (χ4v) is 2.83. The summed E-state index contributed by atoms with van der Waals surface area (Å²) in [6, 6.07) is 3.22. The molecule has 0 saturated carbocycles. The average molecular weight is 350 g/mol. The number of ether oxygens (including phenoxy) is 1. The van der Waals surface area contributed by atoms with Gasteiger partial charge in [0, 0.05) is 38.2 Å². The normalized spacial score (nSPS) is 15.3. The van der Waals surface area contributed by atoms with E-state index in [0.717, 1.165) is 12.8 Å². The summed E-state index contributed by atoms with van der Waals surface area (Å²) in [6.45, 7) is 1.37. The molecule has 1 aliphatic heterocycles. The van der Waals surface area contributed by atoms with Crippen molar-refractivity contribution in [2.75, 3.05) is 18.0 Å². The van der Waals surface area contributed by atoms with Crippen molar-refractivity contribution in [3.05, 3.63) is 45.6 Å². The number of pyridine rings is 1. The van der Waals surface area contributed by atoms with E-state index >= 15 is 0 Å². The van der Waals surface area contributed by atoms with Gasteiger partial charge in [0.05, 0.1) is 11.9 Å². The van der Waals surface area contributed by atoms with E-state index in [1.54, 1.807) is 12.3 Å². The van der Waals surface area contributed by atoms with Crippen molar-refractivity contribution in [2.24, 2.45) is 5.73 Å². The molecule has 8 nitrogen and oxygen atoms in total. The standard InChI is InChI=1S/C15H16ClN5O3/c16-13-12(8-19-20-15(13)23)21-5-2-9(3-6-21)24-10-1-4-18-11(7-10)14(17)22/h1,4,7-9H,2-3,5-6H2,(H2,17,22)(H,20,23). The van der Waals surface area contributed by atoms with Crippen LogP contribution in [0.3, 0.4) is 0 Å². The molecule has 2 aromatic heterocycles. The molecule has 1 aliphatic rings. The van der Waals surface area contributed by atoms with Crippen LogP contribution in [0.2, 0.25) is 5.02 Å². The molecule has 1 saturated heterocycles. The molecule has 0 aliphatic carbocycles. The Labute approximate surface area is 142 Å². The second kappa shape index (κ2) is 6.88. The van der Waals surface area contributed by atoms with Crippen LogP contribution in [0.4, 0.5) is 5.69 Å². The van der Waals surface area contributed by atoms with Crippen LogP contribution in [0, 0.1) is 0 Å². The summed E-state index contributed by atoms with van der Waals surface area (Å²) in [5, 5.41) is 6.23. The molecular formula is C15H16ClN5O3. The van der Waals surface area contributed by atoms with E-state index in [1.165, 1.54) is 12.3 Å². The number of nitrogens with two attached hydrogens (primary N) is 1. The topological polar surface area (TPSA) is 114 Å². The van der Waals surface area contributed by atoms with Crippen LogP contribution < -0.4 is 20.9 Å². The highest BCUT2D eigenvalue weighted by atomic mass is 35.5. The van der Waals surface area contributed by atoms with Crippen molar-refractivity contribution < 1.29 is 9.53 Å². The zero-order valence-electron chi connectivity index (χ0n) is 12.7. The maximum absolute atomic E-state index is 11.5. The zero-order valence-corrected chi connectivity index (χ0v) is 13.5. The zero-order chi connectivity index (χ0) is 17.1. The van der Waals surface area contributed by atoms with Gasteiger partial charge in [0.2, 0.25) is 0 Å². The van der Waals surface area contributed by atoms with Gasteiger partial charge in [-0.3, -0.25) is 14.6 Å². The number of piperidine rings is 1. The van der Waals surface area contributed by atoms with Gasteiger partial charge in [-0.05, 0) is 6.07 Å². The number of nitrogens with one attached hydrogen (secondary N) is 1. The molecule has 0 spiro atoms. The van der Waals surface area contributed by atoms with E-state index in [1.807, 2.05) is 4.90 Å². The summed E-state index contributed by atoms with van der Waals surface area (Å²) >= 11 is 6.03. The van der Waals surface area contributed by atoms with E-state index in [4.69, 9.17) is 22.1 Å². The predicted molar refractivity (Wildman–Crippen MR) is 88.5 cm³/mol. The number of halogens is 1. The lowest BCUT2D eigenvalue weighted by Gasteiger charge is -2.33. The summed E-state index contributed by atoms with van der Waals surface area (Å²) in [4.78, 5) is 28.6. The summed E-state index contributed by atoms with van der Waals surface area (Å²) in [6.07, 6.45) is 4.53. The lowest BCUT2D eigenvalue weighted by molar-refractivity contribution is 0.0994. The van der Waals surface area contributed by atoms with Gasteiger partial charge in [-0.2, -0.15) is 5.10 Å². The Balaban J connectivity index is 1.63. The number of anilines is 1. The quantitative estimate of drug-likeness (QED) is 0.849. The lowest BCUT2D eigenvalue weighted by Crippen LogP contribution is -2.39. The molecule has 1 amide bonds. The Morgan fingerprint density at radius 3 is 2.88 bits per heavy atom. The number of hydrogen-bond donors (Lipinski definition) is 2. The molecule has 0 unspecified atom stereocenters. The van der Waals surface area contributed by atoms with Gasteiger partial charge in [0.1, 0.15) is 22.6 Å². The third-order valence-corrected chi connectivity index (χ3v) is 4.21. The summed E-state index contributed by atoms with van der Waals surface area (Å²) in [5.74, 6) is -0.0279. The van der Waals surface area contributed by atoms with Gasteiger partial charge in [0.25, 0.3) is 11.5 Å². The highest BCUT2D eigenvalue weighted by Crippen LogP contribution is 2.26. The molecule has 2 aromatic rings. The summed E-state index contributed by atoms with van der Waals surface area (Å²) < 4.78 is 5.89. The molecule has 1 fully saturated rings. The lowest BCUT2D eigenvalue weighted by atomic mass is 10.1. The van der Waals surface area contributed by atoms with Gasteiger partial charge in [-0.15, -0.1) is 0 Å². The molecule has 0 aromatic carbocycles. The van der Waals surface area contributed by atoms with Crippen molar-refractivity contribution in [1.82, 2.24) is 15.2 Å². The molecule has 126 valence electrons. The predicted octanol–water partition coefficient (Wildman–Crippen LogP) is 0.965. The largest absolute Gasteiger partial charge is 0.490 e. The Morgan fingerprint density at radius 2 is 2.17 bits per heavy atom. The molecule has 9 heteroatoms. The number of nitrogens with zero attached hydrogens (tertiary/aromatic N) is 3. The summed E-state index contributed by atoms with van der Waals surface area (Å²) in [7, 11) is 0. The Bertz CT molecular complexity index is 802. The van der Waals surface area contributed by atoms with Crippen LogP contribution in [0.1, 0.15) is 23.3 Å². The molecule has 24 heavy (non-hydrogen) atoms. The maximum Gasteiger partial charge on any atom is 0.285 e. The maximum atomic E-state index is 11.5. The first-order chi connectivity index (χ1) is 11.5.